The highest BCUT2D eigenvalue weighted by Gasteiger charge is 2.29. The Morgan fingerprint density at radius 1 is 1.16 bits per heavy atom. The van der Waals surface area contributed by atoms with Gasteiger partial charge in [-0.25, -0.2) is 8.78 Å². The fraction of sp³-hybridized carbons (Fsp3) is 0.417. The van der Waals surface area contributed by atoms with Crippen LogP contribution in [0.25, 0.3) is 0 Å². The highest BCUT2D eigenvalue weighted by molar-refractivity contribution is 5.94. The SMILES string of the molecule is CCOC(C(=O)NCc1ccc(C(=N)N)cc1)c1c(F)ccc(CN2CCCCC2)c1F. The summed E-state index contributed by atoms with van der Waals surface area (Å²) in [6.45, 7) is 4.09. The summed E-state index contributed by atoms with van der Waals surface area (Å²) >= 11 is 0. The molecule has 1 aliphatic rings. The summed E-state index contributed by atoms with van der Waals surface area (Å²) in [5, 5.41) is 10.1. The van der Waals surface area contributed by atoms with Crippen LogP contribution >= 0.6 is 0 Å². The molecule has 4 N–H and O–H groups in total. The van der Waals surface area contributed by atoms with Gasteiger partial charge in [-0.3, -0.25) is 15.1 Å². The average molecular weight is 445 g/mol. The normalized spacial score (nSPS) is 15.3. The van der Waals surface area contributed by atoms with E-state index in [1.807, 2.05) is 0 Å². The van der Waals surface area contributed by atoms with Gasteiger partial charge in [0.25, 0.3) is 5.91 Å². The summed E-state index contributed by atoms with van der Waals surface area (Å²) in [6, 6.07) is 9.46. The number of hydrogen-bond donors (Lipinski definition) is 3. The lowest BCUT2D eigenvalue weighted by Gasteiger charge is -2.27. The van der Waals surface area contributed by atoms with Gasteiger partial charge in [-0.05, 0) is 44.5 Å². The minimum Gasteiger partial charge on any atom is -0.384 e. The third kappa shape index (κ3) is 5.89. The van der Waals surface area contributed by atoms with E-state index in [-0.39, 0.29) is 24.6 Å². The number of carbonyl (C=O) groups excluding carboxylic acids is 1. The van der Waals surface area contributed by atoms with Crippen molar-refractivity contribution in [2.45, 2.75) is 45.4 Å². The van der Waals surface area contributed by atoms with Gasteiger partial charge in [-0.1, -0.05) is 36.8 Å². The van der Waals surface area contributed by atoms with E-state index in [4.69, 9.17) is 15.9 Å². The summed E-state index contributed by atoms with van der Waals surface area (Å²) in [5.41, 5.74) is 6.79. The molecule has 8 heteroatoms. The predicted octanol–water partition coefficient (Wildman–Crippen LogP) is 3.63. The van der Waals surface area contributed by atoms with Crippen molar-refractivity contribution in [3.05, 3.63) is 70.3 Å². The Hall–Kier alpha value is -2.84. The summed E-state index contributed by atoms with van der Waals surface area (Å²) in [6.07, 6.45) is 1.90. The molecule has 1 unspecified atom stereocenters. The number of amides is 1. The molecule has 1 atom stereocenters. The van der Waals surface area contributed by atoms with Gasteiger partial charge < -0.3 is 15.8 Å². The van der Waals surface area contributed by atoms with Crippen LogP contribution in [0.2, 0.25) is 0 Å². The number of hydrogen-bond acceptors (Lipinski definition) is 4. The van der Waals surface area contributed by atoms with Crippen LogP contribution in [0.1, 0.15) is 54.5 Å². The number of nitrogens with zero attached hydrogens (tertiary/aromatic N) is 1. The topological polar surface area (TPSA) is 91.4 Å². The fourth-order valence-electron chi connectivity index (χ4n) is 3.88. The lowest BCUT2D eigenvalue weighted by atomic mass is 10.0. The number of amidine groups is 1. The van der Waals surface area contributed by atoms with E-state index in [2.05, 4.69) is 10.2 Å². The molecule has 1 fully saturated rings. The third-order valence-corrected chi connectivity index (χ3v) is 5.61. The number of rotatable bonds is 9. The van der Waals surface area contributed by atoms with Crippen LogP contribution < -0.4 is 11.1 Å². The summed E-state index contributed by atoms with van der Waals surface area (Å²) in [7, 11) is 0. The number of likely N-dealkylation sites (tertiary alicyclic amines) is 1. The zero-order valence-corrected chi connectivity index (χ0v) is 18.3. The lowest BCUT2D eigenvalue weighted by molar-refractivity contribution is -0.133. The molecule has 1 amide bonds. The molecule has 32 heavy (non-hydrogen) atoms. The number of benzene rings is 2. The predicted molar refractivity (Wildman–Crippen MR) is 119 cm³/mol. The quantitative estimate of drug-likeness (QED) is 0.407. The van der Waals surface area contributed by atoms with E-state index in [0.29, 0.717) is 17.7 Å². The highest BCUT2D eigenvalue weighted by atomic mass is 19.1. The molecule has 0 radical (unpaired) electrons. The molecule has 3 rings (SSSR count). The van der Waals surface area contributed by atoms with Crippen molar-refractivity contribution < 1.29 is 18.3 Å². The summed E-state index contributed by atoms with van der Waals surface area (Å²) in [5.74, 6) is -2.19. The third-order valence-electron chi connectivity index (χ3n) is 5.61. The van der Waals surface area contributed by atoms with Crippen LogP contribution in [0.4, 0.5) is 8.78 Å². The molecular formula is C24H30F2N4O2. The average Bonchev–Trinajstić information content (AvgIpc) is 2.80. The fourth-order valence-corrected chi connectivity index (χ4v) is 3.88. The summed E-state index contributed by atoms with van der Waals surface area (Å²) in [4.78, 5) is 15.0. The van der Waals surface area contributed by atoms with Crippen molar-refractivity contribution in [1.82, 2.24) is 10.2 Å². The molecule has 2 aromatic carbocycles. The van der Waals surface area contributed by atoms with Crippen molar-refractivity contribution in [3.8, 4) is 0 Å². The molecule has 1 aliphatic heterocycles. The number of nitrogens with two attached hydrogens (primary N) is 1. The maximum absolute atomic E-state index is 15.3. The van der Waals surface area contributed by atoms with E-state index in [1.54, 1.807) is 31.2 Å². The first-order valence-corrected chi connectivity index (χ1v) is 10.9. The zero-order valence-electron chi connectivity index (χ0n) is 18.3. The minimum absolute atomic E-state index is 0.0487. The van der Waals surface area contributed by atoms with Gasteiger partial charge in [-0.2, -0.15) is 0 Å². The highest BCUT2D eigenvalue weighted by Crippen LogP contribution is 2.28. The zero-order chi connectivity index (χ0) is 23.1. The van der Waals surface area contributed by atoms with Crippen molar-refractivity contribution in [2.24, 2.45) is 5.73 Å². The molecule has 2 aromatic rings. The van der Waals surface area contributed by atoms with Crippen LogP contribution in [-0.2, 0) is 22.6 Å². The standard InChI is InChI=1S/C24H30F2N4O2/c1-2-32-22(24(31)29-14-16-6-8-17(9-7-16)23(27)28)20-19(25)11-10-18(21(20)26)15-30-12-4-3-5-13-30/h6-11,22H,2-5,12-15H2,1H3,(H3,27,28)(H,29,31). The van der Waals surface area contributed by atoms with Gasteiger partial charge in [0, 0.05) is 30.8 Å². The van der Waals surface area contributed by atoms with Crippen molar-refractivity contribution in [3.63, 3.8) is 0 Å². The van der Waals surface area contributed by atoms with Crippen LogP contribution in [0.15, 0.2) is 36.4 Å². The Kier molecular flexibility index (Phi) is 8.30. The Bertz CT molecular complexity index is 944. The second kappa shape index (κ2) is 11.2. The molecule has 1 heterocycles. The van der Waals surface area contributed by atoms with Crippen molar-refractivity contribution >= 4 is 11.7 Å². The maximum Gasteiger partial charge on any atom is 0.254 e. The number of ether oxygens (including phenoxy) is 1. The van der Waals surface area contributed by atoms with Crippen LogP contribution in [-0.4, -0.2) is 36.3 Å². The van der Waals surface area contributed by atoms with Gasteiger partial charge in [-0.15, -0.1) is 0 Å². The van der Waals surface area contributed by atoms with Crippen LogP contribution in [0, 0.1) is 17.0 Å². The summed E-state index contributed by atoms with van der Waals surface area (Å²) < 4.78 is 35.5. The lowest BCUT2D eigenvalue weighted by Crippen LogP contribution is -2.33. The van der Waals surface area contributed by atoms with E-state index < -0.39 is 23.6 Å². The van der Waals surface area contributed by atoms with Gasteiger partial charge in [0.15, 0.2) is 6.10 Å². The second-order valence-corrected chi connectivity index (χ2v) is 7.93. The largest absolute Gasteiger partial charge is 0.384 e. The van der Waals surface area contributed by atoms with Crippen LogP contribution in [0.5, 0.6) is 0 Å². The first kappa shape index (κ1) is 23.8. The van der Waals surface area contributed by atoms with Gasteiger partial charge >= 0.3 is 0 Å². The van der Waals surface area contributed by atoms with E-state index in [1.165, 1.54) is 12.1 Å². The number of nitrogen functional groups attached to an aromatic ring is 1. The van der Waals surface area contributed by atoms with E-state index in [0.717, 1.165) is 37.9 Å². The van der Waals surface area contributed by atoms with Gasteiger partial charge in [0.05, 0.1) is 5.56 Å². The molecule has 172 valence electrons. The number of carbonyl (C=O) groups is 1. The van der Waals surface area contributed by atoms with Gasteiger partial charge in [0.2, 0.25) is 0 Å². The molecular weight excluding hydrogens is 414 g/mol. The Balaban J connectivity index is 1.76. The number of halogens is 2. The monoisotopic (exact) mass is 444 g/mol. The molecule has 0 aromatic heterocycles. The molecule has 0 aliphatic carbocycles. The van der Waals surface area contributed by atoms with E-state index >= 15 is 4.39 Å². The molecule has 0 spiro atoms. The number of piperidine rings is 1. The van der Waals surface area contributed by atoms with Crippen LogP contribution in [0.3, 0.4) is 0 Å². The smallest absolute Gasteiger partial charge is 0.254 e. The van der Waals surface area contributed by atoms with Crippen molar-refractivity contribution in [2.75, 3.05) is 19.7 Å². The Morgan fingerprint density at radius 2 is 1.84 bits per heavy atom. The molecule has 6 nitrogen and oxygen atoms in total. The van der Waals surface area contributed by atoms with Crippen molar-refractivity contribution in [1.29, 1.82) is 5.41 Å². The Morgan fingerprint density at radius 3 is 2.47 bits per heavy atom. The van der Waals surface area contributed by atoms with Gasteiger partial charge in [0.1, 0.15) is 17.5 Å². The first-order valence-electron chi connectivity index (χ1n) is 10.9. The number of nitrogens with one attached hydrogen (secondary N) is 2. The molecule has 0 saturated carbocycles. The minimum atomic E-state index is -1.39. The molecule has 0 bridgehead atoms. The second-order valence-electron chi connectivity index (χ2n) is 7.93. The van der Waals surface area contributed by atoms with E-state index in [9.17, 15) is 9.18 Å². The maximum atomic E-state index is 15.3. The first-order chi connectivity index (χ1) is 15.4. The molecule has 1 saturated heterocycles. The Labute approximate surface area is 187 Å².